The minimum atomic E-state index is 0.210. The minimum absolute atomic E-state index is 0.210. The van der Waals surface area contributed by atoms with Crippen molar-refractivity contribution < 1.29 is 4.79 Å². The maximum Gasteiger partial charge on any atom is 0.227 e. The van der Waals surface area contributed by atoms with Gasteiger partial charge in [-0.2, -0.15) is 5.10 Å². The zero-order valence-electron chi connectivity index (χ0n) is 17.4. The molecule has 0 atom stereocenters. The molecule has 1 saturated heterocycles. The SMILES string of the molecule is Cc1nn(CC(C)C)c(C)c1CC(=O)N1CCN(Cc2ccc(Cl)cc2)CC1. The van der Waals surface area contributed by atoms with Crippen LogP contribution in [0.4, 0.5) is 0 Å². The first-order valence-electron chi connectivity index (χ1n) is 10.1. The second-order valence-electron chi connectivity index (χ2n) is 8.19. The summed E-state index contributed by atoms with van der Waals surface area (Å²) in [6.45, 7) is 13.6. The van der Waals surface area contributed by atoms with Gasteiger partial charge in [-0.15, -0.1) is 0 Å². The summed E-state index contributed by atoms with van der Waals surface area (Å²) in [6, 6.07) is 8.00. The fraction of sp³-hybridized carbons (Fsp3) is 0.545. The predicted molar refractivity (Wildman–Crippen MR) is 114 cm³/mol. The Morgan fingerprint density at radius 1 is 1.11 bits per heavy atom. The fourth-order valence-electron chi connectivity index (χ4n) is 3.78. The van der Waals surface area contributed by atoms with Crippen molar-refractivity contribution in [2.45, 2.75) is 47.2 Å². The van der Waals surface area contributed by atoms with Crippen LogP contribution in [-0.4, -0.2) is 51.7 Å². The Kier molecular flexibility index (Phi) is 6.78. The molecule has 2 aromatic rings. The number of halogens is 1. The average Bonchev–Trinajstić information content (AvgIpc) is 2.91. The van der Waals surface area contributed by atoms with E-state index in [1.807, 2.05) is 28.6 Å². The topological polar surface area (TPSA) is 41.4 Å². The lowest BCUT2D eigenvalue weighted by Gasteiger charge is -2.35. The van der Waals surface area contributed by atoms with Gasteiger partial charge in [-0.05, 0) is 37.5 Å². The zero-order chi connectivity index (χ0) is 20.3. The Morgan fingerprint density at radius 3 is 2.36 bits per heavy atom. The van der Waals surface area contributed by atoms with E-state index in [1.54, 1.807) is 0 Å². The van der Waals surface area contributed by atoms with Gasteiger partial charge in [0.15, 0.2) is 0 Å². The summed E-state index contributed by atoms with van der Waals surface area (Å²) < 4.78 is 2.05. The van der Waals surface area contributed by atoms with E-state index in [-0.39, 0.29) is 5.91 Å². The highest BCUT2D eigenvalue weighted by atomic mass is 35.5. The molecule has 0 radical (unpaired) electrons. The molecule has 28 heavy (non-hydrogen) atoms. The van der Waals surface area contributed by atoms with Gasteiger partial charge in [0.2, 0.25) is 5.91 Å². The maximum absolute atomic E-state index is 12.9. The van der Waals surface area contributed by atoms with Gasteiger partial charge in [0, 0.05) is 55.5 Å². The Hall–Kier alpha value is -1.85. The van der Waals surface area contributed by atoms with Crippen LogP contribution in [0, 0.1) is 19.8 Å². The van der Waals surface area contributed by atoms with E-state index in [2.05, 4.69) is 42.9 Å². The number of hydrogen-bond donors (Lipinski definition) is 0. The van der Waals surface area contributed by atoms with Crippen LogP contribution in [0.3, 0.4) is 0 Å². The van der Waals surface area contributed by atoms with Gasteiger partial charge < -0.3 is 4.90 Å². The number of carbonyl (C=O) groups excluding carboxylic acids is 1. The number of aryl methyl sites for hydroxylation is 1. The molecule has 0 N–H and O–H groups in total. The molecule has 1 amide bonds. The van der Waals surface area contributed by atoms with Gasteiger partial charge in [0.05, 0.1) is 12.1 Å². The second kappa shape index (κ2) is 9.10. The smallest absolute Gasteiger partial charge is 0.227 e. The molecule has 1 aliphatic rings. The number of rotatable bonds is 6. The molecular weight excluding hydrogens is 372 g/mol. The third-order valence-electron chi connectivity index (χ3n) is 5.44. The molecule has 6 heteroatoms. The van der Waals surface area contributed by atoms with E-state index in [4.69, 9.17) is 11.6 Å². The Bertz CT molecular complexity index is 805. The van der Waals surface area contributed by atoms with Crippen molar-refractivity contribution in [3.8, 4) is 0 Å². The van der Waals surface area contributed by atoms with Crippen molar-refractivity contribution in [3.63, 3.8) is 0 Å². The molecule has 1 aromatic carbocycles. The van der Waals surface area contributed by atoms with E-state index in [1.165, 1.54) is 5.56 Å². The molecule has 1 fully saturated rings. The molecule has 5 nitrogen and oxygen atoms in total. The second-order valence-corrected chi connectivity index (χ2v) is 8.62. The fourth-order valence-corrected chi connectivity index (χ4v) is 3.91. The van der Waals surface area contributed by atoms with E-state index >= 15 is 0 Å². The summed E-state index contributed by atoms with van der Waals surface area (Å²) >= 11 is 5.96. The van der Waals surface area contributed by atoms with Crippen molar-refractivity contribution in [3.05, 3.63) is 51.8 Å². The number of hydrogen-bond acceptors (Lipinski definition) is 3. The monoisotopic (exact) mass is 402 g/mol. The first-order chi connectivity index (χ1) is 13.3. The highest BCUT2D eigenvalue weighted by Crippen LogP contribution is 2.18. The number of carbonyl (C=O) groups is 1. The maximum atomic E-state index is 12.9. The standard InChI is InChI=1S/C22H31ClN4O/c1-16(2)14-27-18(4)21(17(3)24-27)13-22(28)26-11-9-25(10-12-26)15-19-5-7-20(23)8-6-19/h5-8,16H,9-15H2,1-4H3. The zero-order valence-corrected chi connectivity index (χ0v) is 18.2. The molecule has 0 spiro atoms. The lowest BCUT2D eigenvalue weighted by Crippen LogP contribution is -2.48. The lowest BCUT2D eigenvalue weighted by atomic mass is 10.1. The number of aromatic nitrogens is 2. The number of amides is 1. The largest absolute Gasteiger partial charge is 0.340 e. The van der Waals surface area contributed by atoms with Crippen molar-refractivity contribution >= 4 is 17.5 Å². The quantitative estimate of drug-likeness (QED) is 0.739. The lowest BCUT2D eigenvalue weighted by molar-refractivity contribution is -0.132. The van der Waals surface area contributed by atoms with Crippen LogP contribution in [0.1, 0.15) is 36.4 Å². The van der Waals surface area contributed by atoms with Crippen LogP contribution >= 0.6 is 11.6 Å². The molecule has 0 bridgehead atoms. The molecule has 2 heterocycles. The molecule has 1 aromatic heterocycles. The van der Waals surface area contributed by atoms with Gasteiger partial charge >= 0.3 is 0 Å². The van der Waals surface area contributed by atoms with Gasteiger partial charge in [-0.1, -0.05) is 37.6 Å². The summed E-state index contributed by atoms with van der Waals surface area (Å²) in [5.41, 5.74) is 4.45. The normalized spacial score (nSPS) is 15.4. The molecule has 0 saturated carbocycles. The molecule has 0 aliphatic carbocycles. The van der Waals surface area contributed by atoms with Crippen molar-refractivity contribution in [2.24, 2.45) is 5.92 Å². The number of nitrogens with zero attached hydrogens (tertiary/aromatic N) is 4. The summed E-state index contributed by atoms with van der Waals surface area (Å²) in [5, 5.41) is 5.41. The first-order valence-corrected chi connectivity index (χ1v) is 10.5. The third-order valence-corrected chi connectivity index (χ3v) is 5.69. The number of piperazine rings is 1. The highest BCUT2D eigenvalue weighted by molar-refractivity contribution is 6.30. The Morgan fingerprint density at radius 2 is 1.75 bits per heavy atom. The van der Waals surface area contributed by atoms with Crippen molar-refractivity contribution in [1.82, 2.24) is 19.6 Å². The molecule has 1 aliphatic heterocycles. The summed E-state index contributed by atoms with van der Waals surface area (Å²) in [6.07, 6.45) is 0.451. The molecule has 152 valence electrons. The van der Waals surface area contributed by atoms with Gasteiger partial charge in [-0.3, -0.25) is 14.4 Å². The third kappa shape index (κ3) is 5.15. The Balaban J connectivity index is 1.54. The predicted octanol–water partition coefficient (Wildman–Crippen LogP) is 3.70. The van der Waals surface area contributed by atoms with Crippen LogP contribution in [-0.2, 0) is 24.3 Å². The van der Waals surface area contributed by atoms with Crippen LogP contribution in [0.25, 0.3) is 0 Å². The molecule has 3 rings (SSSR count). The highest BCUT2D eigenvalue weighted by Gasteiger charge is 2.23. The minimum Gasteiger partial charge on any atom is -0.340 e. The van der Waals surface area contributed by atoms with E-state index < -0.39 is 0 Å². The Labute approximate surface area is 173 Å². The van der Waals surface area contributed by atoms with E-state index in [0.717, 1.165) is 61.2 Å². The van der Waals surface area contributed by atoms with Crippen molar-refractivity contribution in [1.29, 1.82) is 0 Å². The molecular formula is C22H31ClN4O. The first kappa shape index (κ1) is 20.9. The van der Waals surface area contributed by atoms with Crippen LogP contribution in [0.5, 0.6) is 0 Å². The summed E-state index contributed by atoms with van der Waals surface area (Å²) in [4.78, 5) is 17.3. The van der Waals surface area contributed by atoms with E-state index in [0.29, 0.717) is 12.3 Å². The number of benzene rings is 1. The van der Waals surface area contributed by atoms with Crippen LogP contribution in [0.2, 0.25) is 5.02 Å². The van der Waals surface area contributed by atoms with Crippen LogP contribution in [0.15, 0.2) is 24.3 Å². The van der Waals surface area contributed by atoms with Gasteiger partial charge in [0.1, 0.15) is 0 Å². The van der Waals surface area contributed by atoms with E-state index in [9.17, 15) is 4.79 Å². The average molecular weight is 403 g/mol. The van der Waals surface area contributed by atoms with Crippen LogP contribution < -0.4 is 0 Å². The molecule has 0 unspecified atom stereocenters. The van der Waals surface area contributed by atoms with Gasteiger partial charge in [0.25, 0.3) is 0 Å². The summed E-state index contributed by atoms with van der Waals surface area (Å²) in [7, 11) is 0. The van der Waals surface area contributed by atoms with Crippen molar-refractivity contribution in [2.75, 3.05) is 26.2 Å². The van der Waals surface area contributed by atoms with Gasteiger partial charge in [-0.25, -0.2) is 0 Å². The summed E-state index contributed by atoms with van der Waals surface area (Å²) in [5.74, 6) is 0.747.